The molecule has 4 rings (SSSR count). The van der Waals surface area contributed by atoms with Crippen LogP contribution in [0.4, 0.5) is 0 Å². The van der Waals surface area contributed by atoms with Crippen molar-refractivity contribution < 1.29 is 19.4 Å². The van der Waals surface area contributed by atoms with E-state index in [4.69, 9.17) is 4.74 Å². The summed E-state index contributed by atoms with van der Waals surface area (Å²) < 4.78 is 5.60. The summed E-state index contributed by atoms with van der Waals surface area (Å²) in [6.45, 7) is 6.73. The first-order valence-corrected chi connectivity index (χ1v) is 11.0. The molecule has 3 aromatic rings. The Labute approximate surface area is 187 Å². The van der Waals surface area contributed by atoms with Crippen molar-refractivity contribution in [3.05, 3.63) is 82.9 Å². The lowest BCUT2D eigenvalue weighted by Gasteiger charge is -2.26. The second kappa shape index (κ2) is 8.87. The maximum absolute atomic E-state index is 13.1. The van der Waals surface area contributed by atoms with Gasteiger partial charge in [-0.2, -0.15) is 0 Å². The molecular formula is C27H27NO4. The van der Waals surface area contributed by atoms with Crippen molar-refractivity contribution in [2.24, 2.45) is 0 Å². The number of aliphatic hydroxyl groups excluding tert-OH is 1. The van der Waals surface area contributed by atoms with Gasteiger partial charge in [0.1, 0.15) is 11.5 Å². The zero-order valence-corrected chi connectivity index (χ0v) is 18.6. The SMILES string of the molecule is CCCN1C(=O)C(=O)/C(=C(\O)c2ccc(OCC)c(C)c2)C1c1cccc2ccccc12. The first-order chi connectivity index (χ1) is 15.5. The highest BCUT2D eigenvalue weighted by atomic mass is 16.5. The van der Waals surface area contributed by atoms with Crippen LogP contribution in [0.3, 0.4) is 0 Å². The summed E-state index contributed by atoms with van der Waals surface area (Å²) in [4.78, 5) is 27.7. The number of aryl methyl sites for hydroxylation is 1. The molecule has 5 nitrogen and oxygen atoms in total. The smallest absolute Gasteiger partial charge is 0.295 e. The van der Waals surface area contributed by atoms with Crippen molar-refractivity contribution in [3.8, 4) is 5.75 Å². The fourth-order valence-corrected chi connectivity index (χ4v) is 4.43. The fraction of sp³-hybridized carbons (Fsp3) is 0.259. The normalized spacial score (nSPS) is 17.8. The number of Topliss-reactive ketones (excluding diaryl/α,β-unsaturated/α-hetero) is 1. The van der Waals surface area contributed by atoms with Crippen LogP contribution in [0.2, 0.25) is 0 Å². The Morgan fingerprint density at radius 3 is 2.50 bits per heavy atom. The van der Waals surface area contributed by atoms with E-state index in [1.54, 1.807) is 23.1 Å². The molecular weight excluding hydrogens is 402 g/mol. The van der Waals surface area contributed by atoms with E-state index in [1.165, 1.54) is 0 Å². The molecule has 1 saturated heterocycles. The predicted octanol–water partition coefficient (Wildman–Crippen LogP) is 5.38. The molecule has 1 amide bonds. The van der Waals surface area contributed by atoms with Gasteiger partial charge in [-0.3, -0.25) is 9.59 Å². The van der Waals surface area contributed by atoms with Crippen molar-refractivity contribution in [3.63, 3.8) is 0 Å². The summed E-state index contributed by atoms with van der Waals surface area (Å²) in [5, 5.41) is 13.3. The van der Waals surface area contributed by atoms with E-state index in [9.17, 15) is 14.7 Å². The van der Waals surface area contributed by atoms with Crippen LogP contribution in [0.15, 0.2) is 66.2 Å². The molecule has 3 aromatic carbocycles. The summed E-state index contributed by atoms with van der Waals surface area (Å²) in [7, 11) is 0. The number of nitrogens with zero attached hydrogens (tertiary/aromatic N) is 1. The molecule has 1 unspecified atom stereocenters. The lowest BCUT2D eigenvalue weighted by Crippen LogP contribution is -2.30. The van der Waals surface area contributed by atoms with Gasteiger partial charge in [0.2, 0.25) is 0 Å². The number of hydrogen-bond donors (Lipinski definition) is 1. The number of aliphatic hydroxyl groups is 1. The van der Waals surface area contributed by atoms with Gasteiger partial charge in [-0.1, -0.05) is 49.4 Å². The molecule has 5 heteroatoms. The minimum absolute atomic E-state index is 0.128. The quantitative estimate of drug-likeness (QED) is 0.325. The monoisotopic (exact) mass is 429 g/mol. The summed E-state index contributed by atoms with van der Waals surface area (Å²) in [5.74, 6) is -0.665. The third-order valence-electron chi connectivity index (χ3n) is 5.87. The number of fused-ring (bicyclic) bond motifs is 1. The Kier molecular flexibility index (Phi) is 5.99. The Balaban J connectivity index is 1.93. The molecule has 1 fully saturated rings. The van der Waals surface area contributed by atoms with Gasteiger partial charge in [-0.05, 0) is 60.4 Å². The summed E-state index contributed by atoms with van der Waals surface area (Å²) >= 11 is 0. The van der Waals surface area contributed by atoms with Gasteiger partial charge < -0.3 is 14.7 Å². The highest BCUT2D eigenvalue weighted by Gasteiger charge is 2.46. The van der Waals surface area contributed by atoms with Crippen LogP contribution >= 0.6 is 0 Å². The molecule has 32 heavy (non-hydrogen) atoms. The molecule has 1 aliphatic heterocycles. The minimum atomic E-state index is -0.652. The van der Waals surface area contributed by atoms with E-state index in [0.717, 1.165) is 27.6 Å². The first-order valence-electron chi connectivity index (χ1n) is 11.0. The average Bonchev–Trinajstić information content (AvgIpc) is 3.05. The second-order valence-electron chi connectivity index (χ2n) is 7.97. The number of hydrogen-bond acceptors (Lipinski definition) is 4. The number of rotatable bonds is 6. The van der Waals surface area contributed by atoms with Crippen LogP contribution in [-0.2, 0) is 9.59 Å². The Morgan fingerprint density at radius 1 is 1.03 bits per heavy atom. The third kappa shape index (κ3) is 3.64. The van der Waals surface area contributed by atoms with Crippen LogP contribution in [0.25, 0.3) is 16.5 Å². The minimum Gasteiger partial charge on any atom is -0.507 e. The molecule has 0 saturated carbocycles. The summed E-state index contributed by atoms with van der Waals surface area (Å²) in [6.07, 6.45) is 0.705. The summed E-state index contributed by atoms with van der Waals surface area (Å²) in [5.41, 5.74) is 2.30. The highest BCUT2D eigenvalue weighted by Crippen LogP contribution is 2.42. The first kappa shape index (κ1) is 21.6. The zero-order chi connectivity index (χ0) is 22.8. The lowest BCUT2D eigenvalue weighted by molar-refractivity contribution is -0.139. The Hall–Kier alpha value is -3.60. The van der Waals surface area contributed by atoms with Gasteiger partial charge in [0.15, 0.2) is 0 Å². The van der Waals surface area contributed by atoms with E-state index in [-0.39, 0.29) is 11.3 Å². The molecule has 0 aliphatic carbocycles. The molecule has 1 heterocycles. The summed E-state index contributed by atoms with van der Waals surface area (Å²) in [6, 6.07) is 18.4. The van der Waals surface area contributed by atoms with E-state index in [0.29, 0.717) is 25.1 Å². The predicted molar refractivity (Wildman–Crippen MR) is 126 cm³/mol. The Morgan fingerprint density at radius 2 is 1.78 bits per heavy atom. The number of ketones is 1. The van der Waals surface area contributed by atoms with Crippen LogP contribution < -0.4 is 4.74 Å². The number of ether oxygens (including phenoxy) is 1. The maximum Gasteiger partial charge on any atom is 0.295 e. The van der Waals surface area contributed by atoms with Crippen molar-refractivity contribution >= 4 is 28.2 Å². The van der Waals surface area contributed by atoms with Crippen molar-refractivity contribution in [1.82, 2.24) is 4.90 Å². The topological polar surface area (TPSA) is 66.8 Å². The molecule has 1 aliphatic rings. The van der Waals surface area contributed by atoms with E-state index in [2.05, 4.69) is 0 Å². The van der Waals surface area contributed by atoms with Gasteiger partial charge >= 0.3 is 0 Å². The number of carbonyl (C=O) groups excluding carboxylic acids is 2. The van der Waals surface area contributed by atoms with Crippen LogP contribution in [0.1, 0.15) is 43.0 Å². The van der Waals surface area contributed by atoms with Crippen LogP contribution in [-0.4, -0.2) is 34.8 Å². The molecule has 0 bridgehead atoms. The van der Waals surface area contributed by atoms with E-state index >= 15 is 0 Å². The highest BCUT2D eigenvalue weighted by molar-refractivity contribution is 6.46. The number of amides is 1. The van der Waals surface area contributed by atoms with Gasteiger partial charge in [0.25, 0.3) is 11.7 Å². The third-order valence-corrected chi connectivity index (χ3v) is 5.87. The molecule has 0 spiro atoms. The molecule has 1 atom stereocenters. The van der Waals surface area contributed by atoms with Crippen LogP contribution in [0, 0.1) is 6.92 Å². The second-order valence-corrected chi connectivity index (χ2v) is 7.97. The largest absolute Gasteiger partial charge is 0.507 e. The number of carbonyl (C=O) groups is 2. The number of likely N-dealkylation sites (tertiary alicyclic amines) is 1. The zero-order valence-electron chi connectivity index (χ0n) is 18.6. The molecule has 0 aromatic heterocycles. The lowest BCUT2D eigenvalue weighted by atomic mass is 9.91. The van der Waals surface area contributed by atoms with Crippen molar-refractivity contribution in [1.29, 1.82) is 0 Å². The van der Waals surface area contributed by atoms with Gasteiger partial charge in [0, 0.05) is 12.1 Å². The maximum atomic E-state index is 13.1. The van der Waals surface area contributed by atoms with Gasteiger partial charge in [-0.25, -0.2) is 0 Å². The van der Waals surface area contributed by atoms with Crippen molar-refractivity contribution in [2.75, 3.05) is 13.2 Å². The number of benzene rings is 3. The van der Waals surface area contributed by atoms with Crippen LogP contribution in [0.5, 0.6) is 5.75 Å². The average molecular weight is 430 g/mol. The van der Waals surface area contributed by atoms with E-state index in [1.807, 2.05) is 63.2 Å². The van der Waals surface area contributed by atoms with Gasteiger partial charge in [0.05, 0.1) is 18.2 Å². The molecule has 0 radical (unpaired) electrons. The molecule has 164 valence electrons. The standard InChI is InChI=1S/C27H27NO4/c1-4-15-28-24(21-12-8-10-18-9-6-7-11-20(18)21)23(26(30)27(28)31)25(29)19-13-14-22(32-5-2)17(3)16-19/h6-14,16,24,29H,4-5,15H2,1-3H3/b25-23-. The van der Waals surface area contributed by atoms with E-state index < -0.39 is 17.7 Å². The fourth-order valence-electron chi connectivity index (χ4n) is 4.43. The Bertz CT molecular complexity index is 1220. The van der Waals surface area contributed by atoms with Gasteiger partial charge in [-0.15, -0.1) is 0 Å². The molecule has 1 N–H and O–H groups in total. The van der Waals surface area contributed by atoms with Crippen molar-refractivity contribution in [2.45, 2.75) is 33.2 Å².